The molecule has 5 nitrogen and oxygen atoms in total. The Morgan fingerprint density at radius 2 is 1.77 bits per heavy atom. The number of phenols is 1. The Bertz CT molecular complexity index is 729. The molecule has 0 saturated carbocycles. The summed E-state index contributed by atoms with van der Waals surface area (Å²) in [5, 5.41) is 20.5. The number of halogens is 3. The predicted octanol–water partition coefficient (Wildman–Crippen LogP) is 3.99. The molecule has 0 bridgehead atoms. The largest absolute Gasteiger partial charge is 0.507 e. The van der Waals surface area contributed by atoms with Crippen LogP contribution in [0.15, 0.2) is 36.4 Å². The number of hydrogen-bond donors (Lipinski definition) is 1. The first-order valence-corrected chi connectivity index (χ1v) is 5.97. The maximum Gasteiger partial charge on any atom is 0.417 e. The van der Waals surface area contributed by atoms with Crippen molar-refractivity contribution in [1.82, 2.24) is 0 Å². The number of nitrogens with zero attached hydrogens (tertiary/aromatic N) is 1. The van der Waals surface area contributed by atoms with Crippen LogP contribution in [0.2, 0.25) is 0 Å². The van der Waals surface area contributed by atoms with Gasteiger partial charge in [-0.25, -0.2) is 0 Å². The highest BCUT2D eigenvalue weighted by atomic mass is 19.4. The number of rotatable bonds is 3. The van der Waals surface area contributed by atoms with Gasteiger partial charge >= 0.3 is 6.18 Å². The highest BCUT2D eigenvalue weighted by molar-refractivity contribution is 5.75. The summed E-state index contributed by atoms with van der Waals surface area (Å²) in [7, 11) is 1.35. The van der Waals surface area contributed by atoms with E-state index in [2.05, 4.69) is 0 Å². The molecule has 0 atom stereocenters. The van der Waals surface area contributed by atoms with Crippen molar-refractivity contribution in [2.45, 2.75) is 6.18 Å². The molecule has 0 unspecified atom stereocenters. The molecule has 116 valence electrons. The van der Waals surface area contributed by atoms with Crippen LogP contribution in [0.5, 0.6) is 11.5 Å². The van der Waals surface area contributed by atoms with Crippen LogP contribution in [0.1, 0.15) is 5.56 Å². The van der Waals surface area contributed by atoms with E-state index in [1.807, 2.05) is 0 Å². The average molecular weight is 313 g/mol. The number of alkyl halides is 3. The Labute approximate surface area is 122 Å². The van der Waals surface area contributed by atoms with Gasteiger partial charge in [0.15, 0.2) is 0 Å². The van der Waals surface area contributed by atoms with Gasteiger partial charge in [-0.05, 0) is 23.8 Å². The molecule has 0 aliphatic rings. The van der Waals surface area contributed by atoms with Crippen LogP contribution in [0.4, 0.5) is 18.9 Å². The van der Waals surface area contributed by atoms with Crippen LogP contribution in [-0.2, 0) is 6.18 Å². The Kier molecular flexibility index (Phi) is 3.94. The van der Waals surface area contributed by atoms with E-state index in [9.17, 15) is 28.4 Å². The molecule has 0 spiro atoms. The van der Waals surface area contributed by atoms with Crippen molar-refractivity contribution in [3.63, 3.8) is 0 Å². The topological polar surface area (TPSA) is 72.6 Å². The number of benzene rings is 2. The summed E-state index contributed by atoms with van der Waals surface area (Å²) in [5.74, 6) is -0.143. The molecule has 1 N–H and O–H groups in total. The minimum atomic E-state index is -4.80. The Hall–Kier alpha value is -2.77. The molecule has 2 rings (SSSR count). The summed E-state index contributed by atoms with van der Waals surface area (Å²) in [4.78, 5) is 9.74. The number of nitro benzene ring substituents is 1. The van der Waals surface area contributed by atoms with Gasteiger partial charge in [0, 0.05) is 23.8 Å². The molecule has 2 aromatic carbocycles. The summed E-state index contributed by atoms with van der Waals surface area (Å²) in [6.45, 7) is 0. The standard InChI is InChI=1S/C14H10F3NO4/c1-22-9-3-5-11(13(19)7-9)10-4-2-8(18(20)21)6-12(10)14(15,16)17/h2-7,19H,1H3. The molecule has 22 heavy (non-hydrogen) atoms. The first kappa shape index (κ1) is 15.6. The molecule has 0 aromatic heterocycles. The SMILES string of the molecule is COc1ccc(-c2ccc([N+](=O)[O-])cc2C(F)(F)F)c(O)c1. The summed E-state index contributed by atoms with van der Waals surface area (Å²) in [6.07, 6.45) is -4.80. The third kappa shape index (κ3) is 2.95. The number of non-ortho nitro benzene ring substituents is 1. The number of phenolic OH excluding ortho intramolecular Hbond substituents is 1. The fourth-order valence-corrected chi connectivity index (χ4v) is 1.98. The second kappa shape index (κ2) is 5.55. The van der Waals surface area contributed by atoms with Crippen molar-refractivity contribution in [3.05, 3.63) is 52.1 Å². The highest BCUT2D eigenvalue weighted by Crippen LogP contribution is 2.42. The normalized spacial score (nSPS) is 11.3. The van der Waals surface area contributed by atoms with Gasteiger partial charge in [0.2, 0.25) is 0 Å². The van der Waals surface area contributed by atoms with Crippen LogP contribution in [-0.4, -0.2) is 17.1 Å². The van der Waals surface area contributed by atoms with Crippen molar-refractivity contribution >= 4 is 5.69 Å². The molecule has 0 amide bonds. The van der Waals surface area contributed by atoms with Crippen LogP contribution in [0, 0.1) is 10.1 Å². The zero-order chi connectivity index (χ0) is 16.5. The lowest BCUT2D eigenvalue weighted by atomic mass is 9.97. The van der Waals surface area contributed by atoms with Crippen molar-refractivity contribution in [1.29, 1.82) is 0 Å². The van der Waals surface area contributed by atoms with Gasteiger partial charge in [-0.15, -0.1) is 0 Å². The maximum atomic E-state index is 13.1. The predicted molar refractivity (Wildman–Crippen MR) is 71.8 cm³/mol. The quantitative estimate of drug-likeness (QED) is 0.687. The zero-order valence-corrected chi connectivity index (χ0v) is 11.2. The van der Waals surface area contributed by atoms with Gasteiger partial charge in [-0.2, -0.15) is 13.2 Å². The van der Waals surface area contributed by atoms with Gasteiger partial charge in [0.25, 0.3) is 5.69 Å². The van der Waals surface area contributed by atoms with E-state index < -0.39 is 28.1 Å². The Balaban J connectivity index is 2.67. The van der Waals surface area contributed by atoms with Crippen LogP contribution < -0.4 is 4.74 Å². The van der Waals surface area contributed by atoms with Gasteiger partial charge in [0.1, 0.15) is 11.5 Å². The first-order chi connectivity index (χ1) is 10.2. The second-order valence-corrected chi connectivity index (χ2v) is 4.37. The van der Waals surface area contributed by atoms with E-state index in [4.69, 9.17) is 4.74 Å². The summed E-state index contributed by atoms with van der Waals surface area (Å²) in [6, 6.07) is 6.16. The summed E-state index contributed by atoms with van der Waals surface area (Å²) < 4.78 is 44.2. The molecule has 0 aliphatic carbocycles. The summed E-state index contributed by atoms with van der Waals surface area (Å²) in [5.41, 5.74) is -2.31. The molecule has 8 heteroatoms. The minimum absolute atomic E-state index is 0.0944. The zero-order valence-electron chi connectivity index (χ0n) is 11.2. The Morgan fingerprint density at radius 1 is 1.14 bits per heavy atom. The van der Waals surface area contributed by atoms with E-state index in [0.717, 1.165) is 18.2 Å². The molecule has 0 radical (unpaired) electrons. The third-order valence-electron chi connectivity index (χ3n) is 3.01. The first-order valence-electron chi connectivity index (χ1n) is 5.97. The van der Waals surface area contributed by atoms with Gasteiger partial charge in [-0.3, -0.25) is 10.1 Å². The lowest BCUT2D eigenvalue weighted by molar-refractivity contribution is -0.385. The van der Waals surface area contributed by atoms with Gasteiger partial charge < -0.3 is 9.84 Å². The molecule has 2 aromatic rings. The summed E-state index contributed by atoms with van der Waals surface area (Å²) >= 11 is 0. The van der Waals surface area contributed by atoms with Crippen LogP contribution in [0.3, 0.4) is 0 Å². The molecular weight excluding hydrogens is 303 g/mol. The number of aromatic hydroxyl groups is 1. The van der Waals surface area contributed by atoms with Gasteiger partial charge in [-0.1, -0.05) is 0 Å². The van der Waals surface area contributed by atoms with Crippen molar-refractivity contribution in [2.75, 3.05) is 7.11 Å². The molecule has 0 saturated heterocycles. The van der Waals surface area contributed by atoms with E-state index in [1.165, 1.54) is 19.2 Å². The maximum absolute atomic E-state index is 13.1. The smallest absolute Gasteiger partial charge is 0.417 e. The third-order valence-corrected chi connectivity index (χ3v) is 3.01. The van der Waals surface area contributed by atoms with Gasteiger partial charge in [0.05, 0.1) is 17.6 Å². The lowest BCUT2D eigenvalue weighted by Crippen LogP contribution is -2.08. The van der Waals surface area contributed by atoms with E-state index in [-0.39, 0.29) is 16.9 Å². The fourth-order valence-electron chi connectivity index (χ4n) is 1.98. The molecular formula is C14H10F3NO4. The van der Waals surface area contributed by atoms with Crippen LogP contribution in [0.25, 0.3) is 11.1 Å². The minimum Gasteiger partial charge on any atom is -0.507 e. The average Bonchev–Trinajstić information content (AvgIpc) is 2.45. The lowest BCUT2D eigenvalue weighted by Gasteiger charge is -2.14. The fraction of sp³-hybridized carbons (Fsp3) is 0.143. The van der Waals surface area contributed by atoms with E-state index >= 15 is 0 Å². The number of ether oxygens (including phenoxy) is 1. The van der Waals surface area contributed by atoms with Crippen molar-refractivity contribution < 1.29 is 27.9 Å². The number of hydrogen-bond acceptors (Lipinski definition) is 4. The number of nitro groups is 1. The van der Waals surface area contributed by atoms with Crippen molar-refractivity contribution in [3.8, 4) is 22.6 Å². The highest BCUT2D eigenvalue weighted by Gasteiger charge is 2.35. The molecule has 0 heterocycles. The van der Waals surface area contributed by atoms with E-state index in [1.54, 1.807) is 0 Å². The number of methoxy groups -OCH3 is 1. The second-order valence-electron chi connectivity index (χ2n) is 4.37. The van der Waals surface area contributed by atoms with E-state index in [0.29, 0.717) is 6.07 Å². The molecule has 0 fully saturated rings. The van der Waals surface area contributed by atoms with Crippen molar-refractivity contribution in [2.24, 2.45) is 0 Å². The molecule has 0 aliphatic heterocycles. The van der Waals surface area contributed by atoms with Crippen LogP contribution >= 0.6 is 0 Å². The Morgan fingerprint density at radius 3 is 2.27 bits per heavy atom. The monoisotopic (exact) mass is 313 g/mol.